The second kappa shape index (κ2) is 42.4. The Hall–Kier alpha value is -2.69. The molecule has 11 heteroatoms. The summed E-state index contributed by atoms with van der Waals surface area (Å²) in [6, 6.07) is -2.84. The fourth-order valence-corrected chi connectivity index (χ4v) is 8.31. The Bertz CT molecular complexity index is 1220. The molecule has 0 unspecified atom stereocenters. The molecule has 0 spiro atoms. The summed E-state index contributed by atoms with van der Waals surface area (Å²) < 4.78 is 12.2. The number of carbonyl (C=O) groups is 5. The fraction of sp³-hybridized carbons (Fsp3) is 0.909. The molecule has 388 valence electrons. The third-order valence-corrected chi connectivity index (χ3v) is 13.3. The van der Waals surface area contributed by atoms with Crippen LogP contribution in [0.4, 0.5) is 0 Å². The SMILES string of the molecule is CCCCCCCCCCCCOC(=O)CC[C@H](NC(=O)[C@@H](NC(=O)[C@@H](NC(=O)CCCCCCCCCC[N+](C)(C)C)[C@@H](C)CC)[C@@H](C)CC)C(=O)OCCCCCCCCCCCC. The van der Waals surface area contributed by atoms with Gasteiger partial charge < -0.3 is 29.9 Å². The van der Waals surface area contributed by atoms with Crippen LogP contribution in [0.1, 0.15) is 253 Å². The minimum absolute atomic E-state index is 0.0308. The third-order valence-electron chi connectivity index (χ3n) is 13.3. The van der Waals surface area contributed by atoms with Crippen molar-refractivity contribution in [3.63, 3.8) is 0 Å². The van der Waals surface area contributed by atoms with E-state index in [1.807, 2.05) is 27.7 Å². The number of nitrogens with zero attached hydrogens (tertiary/aromatic N) is 1. The van der Waals surface area contributed by atoms with E-state index in [0.29, 0.717) is 25.9 Å². The molecule has 0 aromatic heterocycles. The smallest absolute Gasteiger partial charge is 0.328 e. The van der Waals surface area contributed by atoms with Crippen LogP contribution in [0.5, 0.6) is 0 Å². The molecule has 0 aromatic carbocycles. The van der Waals surface area contributed by atoms with Crippen molar-refractivity contribution in [2.75, 3.05) is 40.9 Å². The number of ether oxygens (including phenoxy) is 2. The first-order chi connectivity index (χ1) is 31.7. The van der Waals surface area contributed by atoms with E-state index in [-0.39, 0.29) is 37.2 Å². The number of esters is 2. The van der Waals surface area contributed by atoms with E-state index in [4.69, 9.17) is 9.47 Å². The standard InChI is InChI=1S/C55H106N4O7/c1-10-14-16-18-20-22-26-30-34-38-44-65-50(61)42-41-48(55(64)66-45-39-35-31-27-23-21-19-17-15-11-2)56-53(62)52(47(6)13-4)58-54(63)51(46(5)12-3)57-49(60)40-36-32-28-24-25-29-33-37-43-59(7,8)9/h46-48,51-52H,10-45H2,1-9H3,(H2-,56,57,58,60,62,63)/p+1/t46-,47-,48-,51-,52-/m0/s1. The molecule has 0 bridgehead atoms. The van der Waals surface area contributed by atoms with Gasteiger partial charge in [-0.2, -0.15) is 0 Å². The van der Waals surface area contributed by atoms with Crippen molar-refractivity contribution in [1.29, 1.82) is 0 Å². The number of rotatable bonds is 46. The lowest BCUT2D eigenvalue weighted by Crippen LogP contribution is -2.59. The quantitative estimate of drug-likeness (QED) is 0.0314. The molecular weight excluding hydrogens is 829 g/mol. The lowest BCUT2D eigenvalue weighted by Gasteiger charge is -2.29. The molecule has 0 heterocycles. The third kappa shape index (κ3) is 36.4. The average molecular weight is 936 g/mol. The first kappa shape index (κ1) is 63.3. The fourth-order valence-electron chi connectivity index (χ4n) is 8.31. The maximum atomic E-state index is 14.1. The van der Waals surface area contributed by atoms with Gasteiger partial charge in [-0.3, -0.25) is 19.2 Å². The molecule has 11 nitrogen and oxygen atoms in total. The molecular formula is C55H107N4O7+. The summed E-state index contributed by atoms with van der Waals surface area (Å²) in [5.41, 5.74) is 0. The first-order valence-corrected chi connectivity index (χ1v) is 27.7. The van der Waals surface area contributed by atoms with Gasteiger partial charge in [-0.25, -0.2) is 4.79 Å². The highest BCUT2D eigenvalue weighted by Crippen LogP contribution is 2.17. The van der Waals surface area contributed by atoms with Crippen molar-refractivity contribution >= 4 is 29.7 Å². The van der Waals surface area contributed by atoms with E-state index in [2.05, 4.69) is 50.9 Å². The Kier molecular flexibility index (Phi) is 40.7. The van der Waals surface area contributed by atoms with Crippen LogP contribution < -0.4 is 16.0 Å². The lowest BCUT2D eigenvalue weighted by atomic mass is 9.94. The summed E-state index contributed by atoms with van der Waals surface area (Å²) in [5, 5.41) is 8.80. The molecule has 0 radical (unpaired) electrons. The Labute approximate surface area is 406 Å². The number of hydrogen-bond donors (Lipinski definition) is 3. The summed E-state index contributed by atoms with van der Waals surface area (Å²) in [5.74, 6) is -2.52. The summed E-state index contributed by atoms with van der Waals surface area (Å²) in [7, 11) is 6.70. The highest BCUT2D eigenvalue weighted by molar-refractivity contribution is 5.94. The van der Waals surface area contributed by atoms with E-state index in [0.717, 1.165) is 62.3 Å². The molecule has 0 aromatic rings. The summed E-state index contributed by atoms with van der Waals surface area (Å²) in [4.78, 5) is 67.6. The van der Waals surface area contributed by atoms with Crippen molar-refractivity contribution < 1.29 is 37.9 Å². The Morgan fingerprint density at radius 2 is 0.818 bits per heavy atom. The second-order valence-corrected chi connectivity index (χ2v) is 20.7. The van der Waals surface area contributed by atoms with Gasteiger partial charge in [-0.1, -0.05) is 202 Å². The van der Waals surface area contributed by atoms with Gasteiger partial charge >= 0.3 is 11.9 Å². The number of hydrogen-bond acceptors (Lipinski definition) is 7. The lowest BCUT2D eigenvalue weighted by molar-refractivity contribution is -0.870. The molecule has 5 atom stereocenters. The van der Waals surface area contributed by atoms with Gasteiger partial charge in [0, 0.05) is 12.8 Å². The molecule has 0 saturated heterocycles. The number of nitrogens with one attached hydrogen (secondary N) is 3. The van der Waals surface area contributed by atoms with Crippen LogP contribution in [0.25, 0.3) is 0 Å². The van der Waals surface area contributed by atoms with Crippen LogP contribution in [0.2, 0.25) is 0 Å². The highest BCUT2D eigenvalue weighted by Gasteiger charge is 2.34. The Morgan fingerprint density at radius 1 is 0.439 bits per heavy atom. The molecule has 0 saturated carbocycles. The second-order valence-electron chi connectivity index (χ2n) is 20.7. The molecule has 0 aliphatic rings. The number of unbranched alkanes of at least 4 members (excludes halogenated alkanes) is 25. The number of carbonyl (C=O) groups excluding carboxylic acids is 5. The van der Waals surface area contributed by atoms with Crippen molar-refractivity contribution in [2.24, 2.45) is 11.8 Å². The molecule has 66 heavy (non-hydrogen) atoms. The van der Waals surface area contributed by atoms with Crippen LogP contribution in [0.15, 0.2) is 0 Å². The Morgan fingerprint density at radius 3 is 1.26 bits per heavy atom. The van der Waals surface area contributed by atoms with E-state index in [9.17, 15) is 24.0 Å². The van der Waals surface area contributed by atoms with Crippen LogP contribution in [0, 0.1) is 11.8 Å². The Balaban J connectivity index is 5.38. The highest BCUT2D eigenvalue weighted by atomic mass is 16.5. The minimum atomic E-state index is -1.08. The maximum absolute atomic E-state index is 14.1. The predicted octanol–water partition coefficient (Wildman–Crippen LogP) is 12.5. The van der Waals surface area contributed by atoms with Gasteiger partial charge in [0.05, 0.1) is 40.9 Å². The maximum Gasteiger partial charge on any atom is 0.328 e. The number of amides is 3. The zero-order valence-electron chi connectivity index (χ0n) is 44.6. The van der Waals surface area contributed by atoms with Gasteiger partial charge in [0.1, 0.15) is 18.1 Å². The average Bonchev–Trinajstić information content (AvgIpc) is 3.29. The van der Waals surface area contributed by atoms with Crippen molar-refractivity contribution in [3.05, 3.63) is 0 Å². The normalized spacial score (nSPS) is 13.9. The molecule has 0 fully saturated rings. The van der Waals surface area contributed by atoms with Crippen molar-refractivity contribution in [1.82, 2.24) is 16.0 Å². The van der Waals surface area contributed by atoms with E-state index in [1.54, 1.807) is 0 Å². The van der Waals surface area contributed by atoms with Gasteiger partial charge in [-0.15, -0.1) is 0 Å². The zero-order valence-corrected chi connectivity index (χ0v) is 44.6. The van der Waals surface area contributed by atoms with Gasteiger partial charge in [-0.05, 0) is 50.4 Å². The van der Waals surface area contributed by atoms with Gasteiger partial charge in [0.25, 0.3) is 0 Å². The van der Waals surface area contributed by atoms with E-state index >= 15 is 0 Å². The topological polar surface area (TPSA) is 140 Å². The minimum Gasteiger partial charge on any atom is -0.466 e. The molecule has 3 N–H and O–H groups in total. The summed E-state index contributed by atoms with van der Waals surface area (Å²) in [6.45, 7) is 14.0. The summed E-state index contributed by atoms with van der Waals surface area (Å²) >= 11 is 0. The van der Waals surface area contributed by atoms with Crippen LogP contribution >= 0.6 is 0 Å². The first-order valence-electron chi connectivity index (χ1n) is 27.7. The van der Waals surface area contributed by atoms with Crippen molar-refractivity contribution in [3.8, 4) is 0 Å². The van der Waals surface area contributed by atoms with Crippen LogP contribution in [-0.2, 0) is 33.4 Å². The van der Waals surface area contributed by atoms with Gasteiger partial charge in [0.2, 0.25) is 17.7 Å². The molecule has 3 amide bonds. The monoisotopic (exact) mass is 936 g/mol. The van der Waals surface area contributed by atoms with Crippen LogP contribution in [0.3, 0.4) is 0 Å². The van der Waals surface area contributed by atoms with Crippen molar-refractivity contribution in [2.45, 2.75) is 272 Å². The van der Waals surface area contributed by atoms with E-state index < -0.39 is 41.9 Å². The molecule has 0 rings (SSSR count). The largest absolute Gasteiger partial charge is 0.466 e. The molecule has 0 aliphatic heterocycles. The predicted molar refractivity (Wildman–Crippen MR) is 274 cm³/mol. The zero-order chi connectivity index (χ0) is 49.3. The van der Waals surface area contributed by atoms with E-state index in [1.165, 1.54) is 129 Å². The molecule has 0 aliphatic carbocycles. The van der Waals surface area contributed by atoms with Crippen LogP contribution in [-0.4, -0.2) is 93.2 Å². The van der Waals surface area contributed by atoms with Gasteiger partial charge in [0.15, 0.2) is 0 Å². The summed E-state index contributed by atoms with van der Waals surface area (Å²) in [6.07, 6.45) is 34.0. The number of quaternary nitrogens is 1.